The number of nitrogens with one attached hydrogen (secondary N) is 1. The first kappa shape index (κ1) is 27.3. The predicted octanol–water partition coefficient (Wildman–Crippen LogP) is 2.72. The molecule has 0 radical (unpaired) electrons. The summed E-state index contributed by atoms with van der Waals surface area (Å²) in [7, 11) is -3.96. The van der Waals surface area contributed by atoms with Gasteiger partial charge in [-0.15, -0.1) is 0 Å². The van der Waals surface area contributed by atoms with Crippen molar-refractivity contribution in [2.24, 2.45) is 11.8 Å². The molecule has 192 valence electrons. The Morgan fingerprint density at radius 2 is 1.77 bits per heavy atom. The molecule has 0 saturated carbocycles. The minimum atomic E-state index is -3.96. The maximum absolute atomic E-state index is 13.6. The van der Waals surface area contributed by atoms with Gasteiger partial charge in [0.15, 0.2) is 11.5 Å². The molecule has 0 bridgehead atoms. The van der Waals surface area contributed by atoms with Gasteiger partial charge < -0.3 is 19.9 Å². The van der Waals surface area contributed by atoms with Gasteiger partial charge >= 0.3 is 0 Å². The minimum absolute atomic E-state index is 0.0114. The number of carbonyl (C=O) groups excluding carboxylic acids is 1. The molecule has 10 heteroatoms. The number of rotatable bonds is 12. The largest absolute Gasteiger partial charge is 0.454 e. The quantitative estimate of drug-likeness (QED) is 0.370. The third-order valence-corrected chi connectivity index (χ3v) is 8.13. The number of aliphatic hydroxyl groups excluding tert-OH is 1. The molecule has 0 saturated heterocycles. The third-order valence-electron chi connectivity index (χ3n) is 5.75. The third kappa shape index (κ3) is 7.13. The lowest BCUT2D eigenvalue weighted by Crippen LogP contribution is -2.52. The molecule has 0 spiro atoms. The first-order chi connectivity index (χ1) is 16.6. The maximum Gasteiger partial charge on any atom is 0.243 e. The van der Waals surface area contributed by atoms with Gasteiger partial charge in [-0.25, -0.2) is 8.42 Å². The fourth-order valence-corrected chi connectivity index (χ4v) is 5.56. The number of fused-ring (bicyclic) bond motifs is 1. The summed E-state index contributed by atoms with van der Waals surface area (Å²) in [6.07, 6.45) is -0.791. The second kappa shape index (κ2) is 12.1. The summed E-state index contributed by atoms with van der Waals surface area (Å²) in [5.74, 6) is 0.631. The van der Waals surface area contributed by atoms with Crippen LogP contribution in [0.25, 0.3) is 0 Å². The average molecular weight is 523 g/mol. The summed E-state index contributed by atoms with van der Waals surface area (Å²) in [5.41, 5.74) is 0.921. The fraction of sp³-hybridized carbons (Fsp3) is 0.480. The van der Waals surface area contributed by atoms with E-state index in [9.17, 15) is 18.3 Å². The molecule has 2 N–H and O–H groups in total. The highest BCUT2D eigenvalue weighted by molar-refractivity contribution is 7.89. The van der Waals surface area contributed by atoms with Crippen molar-refractivity contribution in [3.63, 3.8) is 0 Å². The standard InChI is InChI=1S/C25H34N2O6S2/c1-17(2)13-27(35(30,31)20-9-10-23-24(12-20)33-16-32-23)14-22(28)21(26-25(29)18(3)15-34)11-19-7-5-4-6-8-19/h4-10,12,17-18,21-22,28,34H,11,13-16H2,1-3H3,(H,26,29)/t18-,21?,22-/m1/s1. The zero-order valence-corrected chi connectivity index (χ0v) is 22.0. The number of hydrogen-bond acceptors (Lipinski definition) is 7. The van der Waals surface area contributed by atoms with E-state index in [2.05, 4.69) is 17.9 Å². The van der Waals surface area contributed by atoms with Gasteiger partial charge in [0, 0.05) is 30.8 Å². The molecular formula is C25H34N2O6S2. The highest BCUT2D eigenvalue weighted by Gasteiger charge is 2.32. The molecule has 3 atom stereocenters. The second-order valence-corrected chi connectivity index (χ2v) is 11.5. The molecule has 0 fully saturated rings. The topological polar surface area (TPSA) is 105 Å². The molecule has 8 nitrogen and oxygen atoms in total. The summed E-state index contributed by atoms with van der Waals surface area (Å²) in [5, 5.41) is 14.1. The molecule has 1 amide bonds. The molecule has 0 aromatic heterocycles. The van der Waals surface area contributed by atoms with Crippen LogP contribution in [0.15, 0.2) is 53.4 Å². The number of ether oxygens (including phenoxy) is 2. The molecule has 1 aliphatic rings. The predicted molar refractivity (Wildman–Crippen MR) is 137 cm³/mol. The molecule has 35 heavy (non-hydrogen) atoms. The number of hydrogen-bond donors (Lipinski definition) is 3. The van der Waals surface area contributed by atoms with Crippen LogP contribution < -0.4 is 14.8 Å². The Labute approximate surface area is 213 Å². The maximum atomic E-state index is 13.6. The van der Waals surface area contributed by atoms with Gasteiger partial charge in [-0.2, -0.15) is 16.9 Å². The van der Waals surface area contributed by atoms with Crippen molar-refractivity contribution < 1.29 is 27.8 Å². The summed E-state index contributed by atoms with van der Waals surface area (Å²) >= 11 is 4.20. The molecular weight excluding hydrogens is 488 g/mol. The van der Waals surface area contributed by atoms with E-state index in [1.54, 1.807) is 13.0 Å². The highest BCUT2D eigenvalue weighted by Crippen LogP contribution is 2.34. The van der Waals surface area contributed by atoms with Gasteiger partial charge in [-0.3, -0.25) is 4.79 Å². The van der Waals surface area contributed by atoms with E-state index in [0.29, 0.717) is 23.7 Å². The van der Waals surface area contributed by atoms with E-state index in [1.807, 2.05) is 44.2 Å². The lowest BCUT2D eigenvalue weighted by atomic mass is 10.00. The van der Waals surface area contributed by atoms with Crippen LogP contribution in [0.3, 0.4) is 0 Å². The number of aliphatic hydroxyl groups is 1. The van der Waals surface area contributed by atoms with E-state index in [-0.39, 0.29) is 42.5 Å². The summed E-state index contributed by atoms with van der Waals surface area (Å²) in [6, 6.07) is 13.3. The van der Waals surface area contributed by atoms with Gasteiger partial charge in [0.25, 0.3) is 0 Å². The monoisotopic (exact) mass is 522 g/mol. The smallest absolute Gasteiger partial charge is 0.243 e. The average Bonchev–Trinajstić information content (AvgIpc) is 3.31. The van der Waals surface area contributed by atoms with Gasteiger partial charge in [-0.1, -0.05) is 51.1 Å². The minimum Gasteiger partial charge on any atom is -0.454 e. The van der Waals surface area contributed by atoms with Gasteiger partial charge in [0.1, 0.15) is 0 Å². The van der Waals surface area contributed by atoms with E-state index < -0.39 is 22.2 Å². The highest BCUT2D eigenvalue weighted by atomic mass is 32.2. The van der Waals surface area contributed by atoms with Crippen LogP contribution in [0.4, 0.5) is 0 Å². The van der Waals surface area contributed by atoms with E-state index in [0.717, 1.165) is 5.56 Å². The van der Waals surface area contributed by atoms with Crippen molar-refractivity contribution in [1.82, 2.24) is 9.62 Å². The number of nitrogens with zero attached hydrogens (tertiary/aromatic N) is 1. The molecule has 2 aromatic rings. The summed E-state index contributed by atoms with van der Waals surface area (Å²) in [4.78, 5) is 12.7. The molecule has 1 unspecified atom stereocenters. The molecule has 0 aliphatic carbocycles. The lowest BCUT2D eigenvalue weighted by Gasteiger charge is -2.31. The molecule has 1 heterocycles. The van der Waals surface area contributed by atoms with Gasteiger partial charge in [0.2, 0.25) is 22.7 Å². The SMILES string of the molecule is CC(C)CN(C[C@@H](O)C(Cc1ccccc1)NC(=O)[C@H](C)CS)S(=O)(=O)c1ccc2c(c1)OCO2. The first-order valence-corrected chi connectivity index (χ1v) is 13.7. The summed E-state index contributed by atoms with van der Waals surface area (Å²) < 4.78 is 39.1. The van der Waals surface area contributed by atoms with Crippen molar-refractivity contribution in [3.8, 4) is 11.5 Å². The van der Waals surface area contributed by atoms with Crippen molar-refractivity contribution in [2.75, 3.05) is 25.6 Å². The Morgan fingerprint density at radius 3 is 2.43 bits per heavy atom. The van der Waals surface area contributed by atoms with E-state index in [4.69, 9.17) is 9.47 Å². The van der Waals surface area contributed by atoms with Crippen molar-refractivity contribution in [1.29, 1.82) is 0 Å². The molecule has 2 aromatic carbocycles. The normalized spacial score (nSPS) is 15.7. The van der Waals surface area contributed by atoms with Crippen molar-refractivity contribution in [2.45, 2.75) is 44.2 Å². The zero-order chi connectivity index (χ0) is 25.6. The van der Waals surface area contributed by atoms with Gasteiger partial charge in [-0.05, 0) is 30.0 Å². The van der Waals surface area contributed by atoms with Crippen LogP contribution in [-0.4, -0.2) is 61.5 Å². The number of benzene rings is 2. The van der Waals surface area contributed by atoms with Crippen LogP contribution in [0.1, 0.15) is 26.3 Å². The summed E-state index contributed by atoms with van der Waals surface area (Å²) in [6.45, 7) is 5.63. The van der Waals surface area contributed by atoms with E-state index in [1.165, 1.54) is 16.4 Å². The lowest BCUT2D eigenvalue weighted by molar-refractivity contribution is -0.125. The fourth-order valence-electron chi connectivity index (χ4n) is 3.76. The zero-order valence-electron chi connectivity index (χ0n) is 20.3. The number of carbonyl (C=O) groups is 1. The second-order valence-electron chi connectivity index (χ2n) is 9.19. The molecule has 1 aliphatic heterocycles. The van der Waals surface area contributed by atoms with Crippen molar-refractivity contribution in [3.05, 3.63) is 54.1 Å². The van der Waals surface area contributed by atoms with Gasteiger partial charge in [0.05, 0.1) is 17.0 Å². The Morgan fingerprint density at radius 1 is 1.09 bits per heavy atom. The van der Waals surface area contributed by atoms with Crippen LogP contribution in [0.2, 0.25) is 0 Å². The Balaban J connectivity index is 1.86. The number of sulfonamides is 1. The van der Waals surface area contributed by atoms with Crippen LogP contribution in [0.5, 0.6) is 11.5 Å². The van der Waals surface area contributed by atoms with Crippen molar-refractivity contribution >= 4 is 28.6 Å². The Hall–Kier alpha value is -2.27. The molecule has 3 rings (SSSR count). The Bertz CT molecular complexity index is 1090. The van der Waals surface area contributed by atoms with Crippen LogP contribution in [0, 0.1) is 11.8 Å². The number of amides is 1. The Kier molecular flexibility index (Phi) is 9.46. The van der Waals surface area contributed by atoms with Crippen LogP contribution >= 0.6 is 12.6 Å². The first-order valence-electron chi connectivity index (χ1n) is 11.6. The van der Waals surface area contributed by atoms with Crippen LogP contribution in [-0.2, 0) is 21.2 Å². The number of thiol groups is 1. The van der Waals surface area contributed by atoms with E-state index >= 15 is 0 Å².